The maximum atomic E-state index is 14.2. The Labute approximate surface area is 504 Å². The van der Waals surface area contributed by atoms with E-state index in [9.17, 15) is 87.1 Å². The Hall–Kier alpha value is -11.0. The summed E-state index contributed by atoms with van der Waals surface area (Å²) in [6.45, 7) is -0.482. The number of amides is 11. The number of piperazine rings is 2. The van der Waals surface area contributed by atoms with Gasteiger partial charge in [-0.25, -0.2) is 43.0 Å². The van der Waals surface area contributed by atoms with E-state index in [1.807, 2.05) is 0 Å². The molecular weight excluding hydrogens is 1180 g/mol. The van der Waals surface area contributed by atoms with Crippen LogP contribution in [0.1, 0.15) is 69.6 Å². The first-order chi connectivity index (χ1) is 42.3. The van der Waals surface area contributed by atoms with Crippen LogP contribution in [0.25, 0.3) is 0 Å². The van der Waals surface area contributed by atoms with Crippen molar-refractivity contribution in [2.24, 2.45) is 0 Å². The largest absolute Gasteiger partial charge is 0.481 e. The number of aromatic nitrogens is 3. The van der Waals surface area contributed by atoms with Crippen molar-refractivity contribution in [2.75, 3.05) is 75.0 Å². The van der Waals surface area contributed by atoms with Gasteiger partial charge in [0.25, 0.3) is 11.8 Å². The van der Waals surface area contributed by atoms with E-state index < -0.39 is 134 Å². The lowest BCUT2D eigenvalue weighted by Gasteiger charge is -2.35. The molecule has 2 fully saturated rings. The van der Waals surface area contributed by atoms with E-state index in [0.29, 0.717) is 34.6 Å². The molecule has 11 amide bonds. The molecule has 3 aromatic carbocycles. The van der Waals surface area contributed by atoms with Gasteiger partial charge in [0.05, 0.1) is 12.4 Å². The summed E-state index contributed by atoms with van der Waals surface area (Å²) in [4.78, 5) is 168. The van der Waals surface area contributed by atoms with Crippen LogP contribution < -0.4 is 37.2 Å². The molecule has 0 saturated carbocycles. The molecule has 34 heteroatoms. The molecule has 476 valence electrons. The second-order valence-corrected chi connectivity index (χ2v) is 20.4. The van der Waals surface area contributed by atoms with E-state index in [2.05, 4.69) is 47.5 Å². The lowest BCUT2D eigenvalue weighted by Crippen LogP contribution is -2.52. The van der Waals surface area contributed by atoms with E-state index in [1.165, 1.54) is 97.2 Å². The fourth-order valence-corrected chi connectivity index (χ4v) is 9.15. The van der Waals surface area contributed by atoms with Crippen LogP contribution in [0.5, 0.6) is 0 Å². The second-order valence-electron chi connectivity index (χ2n) is 20.4. The predicted molar refractivity (Wildman–Crippen MR) is 305 cm³/mol. The van der Waals surface area contributed by atoms with Gasteiger partial charge in [-0.3, -0.25) is 28.4 Å². The quantitative estimate of drug-likeness (QED) is 0.0377. The SMILES string of the molecule is O=C(O)CCC(NC(=O)N[C@@H](Cc1ccc(NC(=O)N2CCN(C(=O)c3cc(NC(=O)Cn4cc(CCCF)nn4)cc(C(=O)N4CCN(C(=O)Nc5ccc(CC(NC(=O)N[C@@H](CCC(=O)O)C(=O)O)C(=O)O)cc5)CC4)c3)CC2)cc1)C(=O)O)C(=O)O. The molecule has 0 radical (unpaired) electrons. The van der Waals surface area contributed by atoms with Crippen molar-refractivity contribution in [3.8, 4) is 0 Å². The van der Waals surface area contributed by atoms with Gasteiger partial charge in [0, 0.05) is 112 Å². The van der Waals surface area contributed by atoms with Gasteiger partial charge < -0.3 is 87.5 Å². The molecule has 2 unspecified atom stereocenters. The number of alkyl halides is 1. The fourth-order valence-electron chi connectivity index (χ4n) is 9.15. The molecular formula is C55H65FN14O19. The van der Waals surface area contributed by atoms with Crippen LogP contribution in [0.3, 0.4) is 0 Å². The van der Waals surface area contributed by atoms with Gasteiger partial charge >= 0.3 is 59.9 Å². The Morgan fingerprint density at radius 2 is 0.865 bits per heavy atom. The molecule has 3 heterocycles. The summed E-state index contributed by atoms with van der Waals surface area (Å²) in [6.07, 6.45) is -0.520. The summed E-state index contributed by atoms with van der Waals surface area (Å²) in [5.41, 5.74) is 2.01. The summed E-state index contributed by atoms with van der Waals surface area (Å²) in [5, 5.41) is 80.4. The fraction of sp³-hybridized carbons (Fsp3) is 0.400. The Morgan fingerprint density at radius 1 is 0.483 bits per heavy atom. The maximum Gasteiger partial charge on any atom is 0.326 e. The minimum atomic E-state index is -1.59. The number of halogens is 1. The van der Waals surface area contributed by atoms with E-state index in [4.69, 9.17) is 10.2 Å². The Balaban J connectivity index is 1.04. The summed E-state index contributed by atoms with van der Waals surface area (Å²) in [7, 11) is 0. The van der Waals surface area contributed by atoms with E-state index in [0.717, 1.165) is 0 Å². The molecule has 2 saturated heterocycles. The number of rotatable bonds is 28. The number of hydrogen-bond acceptors (Lipinski definition) is 15. The molecule has 4 aromatic rings. The second kappa shape index (κ2) is 32.0. The predicted octanol–water partition coefficient (Wildman–Crippen LogP) is 1.02. The molecule has 89 heavy (non-hydrogen) atoms. The van der Waals surface area contributed by atoms with Crippen molar-refractivity contribution in [2.45, 2.75) is 82.1 Å². The van der Waals surface area contributed by atoms with Crippen LogP contribution in [0.2, 0.25) is 0 Å². The van der Waals surface area contributed by atoms with Gasteiger partial charge in [-0.2, -0.15) is 0 Å². The zero-order valence-electron chi connectivity index (χ0n) is 47.5. The Bertz CT molecular complexity index is 3100. The average Bonchev–Trinajstić information content (AvgIpc) is 1.97. The van der Waals surface area contributed by atoms with Crippen molar-refractivity contribution in [1.82, 2.24) is 55.9 Å². The number of hydrogen-bond donors (Lipinski definition) is 13. The number of benzene rings is 3. The molecule has 2 aliphatic heterocycles. The molecule has 0 spiro atoms. The number of carboxylic acid groups (broad SMARTS) is 6. The topological polar surface area (TPSA) is 471 Å². The smallest absolute Gasteiger partial charge is 0.326 e. The first-order valence-electron chi connectivity index (χ1n) is 27.6. The lowest BCUT2D eigenvalue weighted by molar-refractivity contribution is -0.142. The summed E-state index contributed by atoms with van der Waals surface area (Å²) in [6, 6.07) is 6.49. The van der Waals surface area contributed by atoms with E-state index in [1.54, 1.807) is 0 Å². The molecule has 4 atom stereocenters. The van der Waals surface area contributed by atoms with Crippen molar-refractivity contribution < 1.29 is 97.4 Å². The van der Waals surface area contributed by atoms with Crippen LogP contribution in [0, 0.1) is 0 Å². The molecule has 1 aromatic heterocycles. The summed E-state index contributed by atoms with van der Waals surface area (Å²) >= 11 is 0. The standard InChI is InChI=1S/C55H65FN14O19/c56-15-1-2-37-29-70(65-64-37)30-43(71)57-38-27-33(46(76)66-16-20-68(21-17-66)54(88)58-35-7-3-31(4-8-35)24-41(50(82)83)62-52(86)60-39(48(78)79)11-13-44(72)73)26-34(28-38)47(77)67-18-22-69(23-19-67)55(89)59-36-9-5-32(6-10-36)25-42(51(84)85)63-53(87)61-40(49(80)81)12-14-45(74)75/h3-10,26-29,39-42H,1-2,11-25,30H2,(H,57,71)(H,58,88)(H,59,89)(H,72,73)(H,74,75)(H,78,79)(H,80,81)(H,82,83)(H,84,85)(H2,60,62,86)(H2,61,63,87)/t39-,40?,41?,42-/m0/s1. The van der Waals surface area contributed by atoms with E-state index in [-0.39, 0.29) is 95.0 Å². The highest BCUT2D eigenvalue weighted by Crippen LogP contribution is 2.22. The maximum absolute atomic E-state index is 14.2. The number of aryl methyl sites for hydroxylation is 1. The Kier molecular flexibility index (Phi) is 24.1. The molecule has 2 aliphatic rings. The molecule has 6 rings (SSSR count). The minimum absolute atomic E-state index is 0.0164. The molecule has 33 nitrogen and oxygen atoms in total. The highest BCUT2D eigenvalue weighted by molar-refractivity contribution is 6.03. The molecule has 0 bridgehead atoms. The number of carboxylic acids is 6. The van der Waals surface area contributed by atoms with Crippen molar-refractivity contribution in [3.05, 3.63) is 101 Å². The van der Waals surface area contributed by atoms with Gasteiger partial charge in [0.1, 0.15) is 30.7 Å². The van der Waals surface area contributed by atoms with Gasteiger partial charge in [0.2, 0.25) is 5.91 Å². The normalized spacial score (nSPS) is 14.3. The highest BCUT2D eigenvalue weighted by Gasteiger charge is 2.31. The third-order valence-corrected chi connectivity index (χ3v) is 13.9. The number of carbonyl (C=O) groups is 13. The Morgan fingerprint density at radius 3 is 1.24 bits per heavy atom. The van der Waals surface area contributed by atoms with Crippen LogP contribution in [-0.2, 0) is 59.4 Å². The number of urea groups is 4. The number of aliphatic carboxylic acids is 6. The van der Waals surface area contributed by atoms with Crippen LogP contribution >= 0.6 is 0 Å². The first-order valence-corrected chi connectivity index (χ1v) is 27.6. The van der Waals surface area contributed by atoms with Gasteiger partial charge in [-0.15, -0.1) is 5.10 Å². The van der Waals surface area contributed by atoms with Gasteiger partial charge in [0.15, 0.2) is 0 Å². The minimum Gasteiger partial charge on any atom is -0.481 e. The number of nitrogens with one attached hydrogen (secondary N) is 7. The number of carbonyl (C=O) groups excluding carboxylic acids is 7. The third-order valence-electron chi connectivity index (χ3n) is 13.9. The zero-order chi connectivity index (χ0) is 64.9. The third kappa shape index (κ3) is 20.9. The first kappa shape index (κ1) is 67.2. The van der Waals surface area contributed by atoms with Crippen molar-refractivity contribution >= 4 is 94.7 Å². The highest BCUT2D eigenvalue weighted by atomic mass is 19.1. The number of anilines is 3. The van der Waals surface area contributed by atoms with Crippen LogP contribution in [-0.4, -0.2) is 226 Å². The van der Waals surface area contributed by atoms with Gasteiger partial charge in [-0.05, 0) is 79.3 Å². The average molecular weight is 1250 g/mol. The van der Waals surface area contributed by atoms with E-state index >= 15 is 0 Å². The van der Waals surface area contributed by atoms with Gasteiger partial charge in [-0.1, -0.05) is 29.5 Å². The zero-order valence-corrected chi connectivity index (χ0v) is 47.5. The monoisotopic (exact) mass is 1240 g/mol. The van der Waals surface area contributed by atoms with Crippen molar-refractivity contribution in [1.29, 1.82) is 0 Å². The molecule has 13 N–H and O–H groups in total. The summed E-state index contributed by atoms with van der Waals surface area (Å²) in [5.74, 6) is -10.2. The summed E-state index contributed by atoms with van der Waals surface area (Å²) < 4.78 is 14.0. The van der Waals surface area contributed by atoms with Crippen LogP contribution in [0.4, 0.5) is 40.6 Å². The lowest BCUT2D eigenvalue weighted by atomic mass is 10.1. The number of nitrogens with zero attached hydrogens (tertiary/aromatic N) is 7. The van der Waals surface area contributed by atoms with Crippen LogP contribution in [0.15, 0.2) is 72.9 Å². The molecule has 0 aliphatic carbocycles. The van der Waals surface area contributed by atoms with Crippen molar-refractivity contribution in [3.63, 3.8) is 0 Å².